The first kappa shape index (κ1) is 22.6. The summed E-state index contributed by atoms with van der Waals surface area (Å²) < 4.78 is 15.7. The number of benzene rings is 2. The summed E-state index contributed by atoms with van der Waals surface area (Å²) in [6, 6.07) is 10.6. The highest BCUT2D eigenvalue weighted by Crippen LogP contribution is 2.36. The number of esters is 2. The number of carbonyl (C=O) groups excluding carboxylic acids is 2. The maximum absolute atomic E-state index is 12.0. The van der Waals surface area contributed by atoms with Gasteiger partial charge in [-0.15, -0.1) is 0 Å². The minimum atomic E-state index is -0.713. The molecule has 0 aliphatic rings. The number of carbonyl (C=O) groups is 2. The van der Waals surface area contributed by atoms with Crippen molar-refractivity contribution < 1.29 is 28.7 Å². The van der Waals surface area contributed by atoms with Crippen LogP contribution in [0.4, 0.5) is 17.2 Å². The van der Waals surface area contributed by atoms with Crippen LogP contribution in [-0.4, -0.2) is 41.0 Å². The third-order valence-electron chi connectivity index (χ3n) is 4.04. The Hall–Kier alpha value is -4.06. The summed E-state index contributed by atoms with van der Waals surface area (Å²) in [4.78, 5) is 42.8. The summed E-state index contributed by atoms with van der Waals surface area (Å²) in [7, 11) is 2.36. The van der Waals surface area contributed by atoms with Gasteiger partial charge in [-0.1, -0.05) is 15.9 Å². The van der Waals surface area contributed by atoms with Crippen molar-refractivity contribution in [1.29, 1.82) is 0 Å². The summed E-state index contributed by atoms with van der Waals surface area (Å²) in [5.41, 5.74) is -0.329. The van der Waals surface area contributed by atoms with Crippen LogP contribution in [0, 0.1) is 10.1 Å². The average molecular weight is 503 g/mol. The van der Waals surface area contributed by atoms with E-state index in [0.29, 0.717) is 5.75 Å². The van der Waals surface area contributed by atoms with E-state index in [1.165, 1.54) is 32.4 Å². The highest BCUT2D eigenvalue weighted by Gasteiger charge is 2.26. The molecule has 0 unspecified atom stereocenters. The van der Waals surface area contributed by atoms with Crippen LogP contribution in [-0.2, 0) is 9.47 Å². The normalized spacial score (nSPS) is 10.2. The van der Waals surface area contributed by atoms with Gasteiger partial charge in [0.25, 0.3) is 0 Å². The van der Waals surface area contributed by atoms with Gasteiger partial charge in [0.15, 0.2) is 0 Å². The Labute approximate surface area is 189 Å². The van der Waals surface area contributed by atoms with E-state index in [-0.39, 0.29) is 28.5 Å². The smallest absolute Gasteiger partial charge is 0.373 e. The first-order valence-corrected chi connectivity index (χ1v) is 9.63. The van der Waals surface area contributed by atoms with Gasteiger partial charge in [-0.3, -0.25) is 10.1 Å². The first-order chi connectivity index (χ1) is 15.3. The fraction of sp³-hybridized carbons (Fsp3) is 0.100. The molecule has 0 saturated carbocycles. The maximum Gasteiger partial charge on any atom is 0.373 e. The molecule has 0 atom stereocenters. The van der Waals surface area contributed by atoms with Crippen molar-refractivity contribution in [1.82, 2.24) is 9.97 Å². The second-order valence-corrected chi connectivity index (χ2v) is 7.01. The SMILES string of the molecule is COC(=O)c1cc(Nc2ncnc(Oc3ccc(Br)cc3)c2[N+](=O)[O-])cc(C(=O)OC)c1. The largest absolute Gasteiger partial charge is 0.465 e. The van der Waals surface area contributed by atoms with Gasteiger partial charge in [-0.25, -0.2) is 14.6 Å². The summed E-state index contributed by atoms with van der Waals surface area (Å²) >= 11 is 3.29. The number of ether oxygens (including phenoxy) is 3. The second kappa shape index (κ2) is 9.83. The number of rotatable bonds is 7. The van der Waals surface area contributed by atoms with Crippen molar-refractivity contribution in [3.63, 3.8) is 0 Å². The van der Waals surface area contributed by atoms with Gasteiger partial charge in [-0.05, 0) is 42.5 Å². The van der Waals surface area contributed by atoms with Crippen molar-refractivity contribution in [2.75, 3.05) is 19.5 Å². The minimum Gasteiger partial charge on any atom is -0.465 e. The van der Waals surface area contributed by atoms with E-state index in [4.69, 9.17) is 4.74 Å². The van der Waals surface area contributed by atoms with E-state index in [2.05, 4.69) is 40.7 Å². The fourth-order valence-corrected chi connectivity index (χ4v) is 2.88. The Kier molecular flexibility index (Phi) is 6.95. The lowest BCUT2D eigenvalue weighted by Gasteiger charge is -2.11. The van der Waals surface area contributed by atoms with Crippen LogP contribution < -0.4 is 10.1 Å². The molecule has 0 aliphatic heterocycles. The zero-order chi connectivity index (χ0) is 23.3. The van der Waals surface area contributed by atoms with Gasteiger partial charge >= 0.3 is 23.5 Å². The molecule has 12 heteroatoms. The molecule has 1 N–H and O–H groups in total. The Morgan fingerprint density at radius 3 is 2.12 bits per heavy atom. The van der Waals surface area contributed by atoms with Crippen molar-refractivity contribution in [3.05, 3.63) is 74.5 Å². The van der Waals surface area contributed by atoms with Crippen LogP contribution >= 0.6 is 15.9 Å². The van der Waals surface area contributed by atoms with Crippen LogP contribution in [0.25, 0.3) is 0 Å². The molecule has 1 aromatic heterocycles. The Bertz CT molecular complexity index is 1150. The van der Waals surface area contributed by atoms with E-state index >= 15 is 0 Å². The fourth-order valence-electron chi connectivity index (χ4n) is 2.62. The number of nitro groups is 1. The number of nitrogens with one attached hydrogen (secondary N) is 1. The van der Waals surface area contributed by atoms with Crippen molar-refractivity contribution in [2.24, 2.45) is 0 Å². The quantitative estimate of drug-likeness (QED) is 0.282. The molecule has 0 spiro atoms. The van der Waals surface area contributed by atoms with E-state index in [1.54, 1.807) is 24.3 Å². The number of hydrogen-bond donors (Lipinski definition) is 1. The summed E-state index contributed by atoms with van der Waals surface area (Å²) in [5.74, 6) is -1.62. The van der Waals surface area contributed by atoms with Gasteiger partial charge in [-0.2, -0.15) is 4.98 Å². The molecule has 3 rings (SSSR count). The van der Waals surface area contributed by atoms with Crippen LogP contribution in [0.1, 0.15) is 20.7 Å². The molecule has 0 saturated heterocycles. The number of halogens is 1. The number of nitrogens with zero attached hydrogens (tertiary/aromatic N) is 3. The van der Waals surface area contributed by atoms with E-state index in [0.717, 1.165) is 10.8 Å². The first-order valence-electron chi connectivity index (χ1n) is 8.84. The molecule has 0 amide bonds. The van der Waals surface area contributed by atoms with Crippen LogP contribution in [0.5, 0.6) is 11.6 Å². The molecule has 2 aromatic carbocycles. The lowest BCUT2D eigenvalue weighted by atomic mass is 10.1. The number of anilines is 2. The van der Waals surface area contributed by atoms with E-state index in [1.807, 2.05) is 0 Å². The monoisotopic (exact) mass is 502 g/mol. The third kappa shape index (κ3) is 5.16. The van der Waals surface area contributed by atoms with Crippen LogP contribution in [0.3, 0.4) is 0 Å². The van der Waals surface area contributed by atoms with Gasteiger partial charge in [0.05, 0.1) is 30.3 Å². The Morgan fingerprint density at radius 2 is 1.59 bits per heavy atom. The lowest BCUT2D eigenvalue weighted by Crippen LogP contribution is -2.09. The van der Waals surface area contributed by atoms with Gasteiger partial charge in [0.1, 0.15) is 12.1 Å². The molecule has 3 aromatic rings. The molecule has 11 nitrogen and oxygen atoms in total. The third-order valence-corrected chi connectivity index (χ3v) is 4.57. The van der Waals surface area contributed by atoms with E-state index in [9.17, 15) is 19.7 Å². The molecule has 0 aliphatic carbocycles. The molecular weight excluding hydrogens is 488 g/mol. The predicted molar refractivity (Wildman–Crippen MR) is 115 cm³/mol. The minimum absolute atomic E-state index is 0.0287. The maximum atomic E-state index is 12.0. The van der Waals surface area contributed by atoms with Crippen LogP contribution in [0.15, 0.2) is 53.3 Å². The molecule has 0 fully saturated rings. The van der Waals surface area contributed by atoms with Gasteiger partial charge in [0.2, 0.25) is 5.82 Å². The highest BCUT2D eigenvalue weighted by atomic mass is 79.9. The van der Waals surface area contributed by atoms with Crippen molar-refractivity contribution in [3.8, 4) is 11.6 Å². The number of methoxy groups -OCH3 is 2. The zero-order valence-corrected chi connectivity index (χ0v) is 18.3. The zero-order valence-electron chi connectivity index (χ0n) is 16.7. The highest BCUT2D eigenvalue weighted by molar-refractivity contribution is 9.10. The molecule has 0 bridgehead atoms. The van der Waals surface area contributed by atoms with Crippen molar-refractivity contribution in [2.45, 2.75) is 0 Å². The topological polar surface area (TPSA) is 143 Å². The van der Waals surface area contributed by atoms with E-state index < -0.39 is 22.5 Å². The number of hydrogen-bond acceptors (Lipinski definition) is 10. The van der Waals surface area contributed by atoms with Crippen molar-refractivity contribution >= 4 is 45.1 Å². The summed E-state index contributed by atoms with van der Waals surface area (Å²) in [5, 5.41) is 14.5. The summed E-state index contributed by atoms with van der Waals surface area (Å²) in [6.45, 7) is 0. The average Bonchev–Trinajstić information content (AvgIpc) is 2.79. The molecule has 0 radical (unpaired) electrons. The molecule has 164 valence electrons. The lowest BCUT2D eigenvalue weighted by molar-refractivity contribution is -0.385. The molecule has 32 heavy (non-hydrogen) atoms. The van der Waals surface area contributed by atoms with Gasteiger partial charge < -0.3 is 19.5 Å². The Morgan fingerprint density at radius 1 is 1.00 bits per heavy atom. The van der Waals surface area contributed by atoms with Crippen LogP contribution in [0.2, 0.25) is 0 Å². The standard InChI is InChI=1S/C20H15BrN4O7/c1-30-19(26)11-7-12(20(27)31-2)9-14(8-11)24-17-16(25(28)29)18(23-10-22-17)32-15-5-3-13(21)4-6-15/h3-10H,1-2H3,(H,22,23,24). The predicted octanol–water partition coefficient (Wildman–Crippen LogP) is 4.26. The molecular formula is C20H15BrN4O7. The Balaban J connectivity index is 2.03. The number of aromatic nitrogens is 2. The van der Waals surface area contributed by atoms with Gasteiger partial charge in [0, 0.05) is 10.2 Å². The molecule has 1 heterocycles. The summed E-state index contributed by atoms with van der Waals surface area (Å²) in [6.07, 6.45) is 1.08. The second-order valence-electron chi connectivity index (χ2n) is 6.10.